The van der Waals surface area contributed by atoms with E-state index in [4.69, 9.17) is 9.47 Å². The van der Waals surface area contributed by atoms with Crippen LogP contribution in [0.3, 0.4) is 0 Å². The highest BCUT2D eigenvalue weighted by Gasteiger charge is 2.39. The number of anilines is 1. The molecule has 0 spiro atoms. The predicted molar refractivity (Wildman–Crippen MR) is 122 cm³/mol. The molecule has 1 N–H and O–H groups in total. The molecule has 1 atom stereocenters. The van der Waals surface area contributed by atoms with Crippen LogP contribution in [0.5, 0.6) is 11.5 Å². The summed E-state index contributed by atoms with van der Waals surface area (Å²) in [6.07, 6.45) is 2.93. The summed E-state index contributed by atoms with van der Waals surface area (Å²) < 4.78 is 35.5. The van der Waals surface area contributed by atoms with E-state index < -0.39 is 15.9 Å². The Bertz CT molecular complexity index is 1150. The molecule has 2 amide bonds. The van der Waals surface area contributed by atoms with Crippen molar-refractivity contribution in [3.05, 3.63) is 39.6 Å². The first-order chi connectivity index (χ1) is 15.2. The van der Waals surface area contributed by atoms with Crippen molar-refractivity contribution in [2.45, 2.75) is 32.4 Å². The van der Waals surface area contributed by atoms with E-state index in [9.17, 15) is 18.0 Å². The van der Waals surface area contributed by atoms with Crippen LogP contribution in [-0.4, -0.2) is 50.9 Å². The van der Waals surface area contributed by atoms with Crippen LogP contribution >= 0.6 is 11.3 Å². The summed E-state index contributed by atoms with van der Waals surface area (Å²) in [7, 11) is -1.88. The summed E-state index contributed by atoms with van der Waals surface area (Å²) in [4.78, 5) is 27.6. The molecule has 0 radical (unpaired) electrons. The molecule has 2 aliphatic rings. The molecule has 1 fully saturated rings. The monoisotopic (exact) mass is 478 g/mol. The molecule has 1 saturated carbocycles. The van der Waals surface area contributed by atoms with E-state index in [0.29, 0.717) is 34.2 Å². The number of nitrogens with zero attached hydrogens (tertiary/aromatic N) is 1. The lowest BCUT2D eigenvalue weighted by Crippen LogP contribution is -2.33. The number of sulfone groups is 1. The molecule has 10 heteroatoms. The molecule has 1 aromatic carbocycles. The van der Waals surface area contributed by atoms with E-state index in [0.717, 1.165) is 24.7 Å². The number of hydrogen-bond acceptors (Lipinski definition) is 7. The van der Waals surface area contributed by atoms with Crippen molar-refractivity contribution in [3.63, 3.8) is 0 Å². The third-order valence-electron chi connectivity index (χ3n) is 5.59. The molecule has 0 unspecified atom stereocenters. The lowest BCUT2D eigenvalue weighted by Gasteiger charge is -2.28. The third-order valence-corrected chi connectivity index (χ3v) is 7.52. The molecular formula is C22H26N2O6S2. The SMILES string of the molecule is CCOc1cc([C@@H](CS(C)(=O)=O)N2Cc3c(NC(=O)C4CC4)csc3C2=O)ccc1OC. The molecule has 0 saturated heterocycles. The van der Waals surface area contributed by atoms with Crippen molar-refractivity contribution in [1.29, 1.82) is 0 Å². The van der Waals surface area contributed by atoms with Gasteiger partial charge in [0.15, 0.2) is 11.5 Å². The van der Waals surface area contributed by atoms with Crippen LogP contribution in [0, 0.1) is 5.92 Å². The number of benzene rings is 1. The predicted octanol–water partition coefficient (Wildman–Crippen LogP) is 3.25. The lowest BCUT2D eigenvalue weighted by molar-refractivity contribution is -0.117. The molecule has 0 bridgehead atoms. The van der Waals surface area contributed by atoms with E-state index >= 15 is 0 Å². The molecule has 8 nitrogen and oxygen atoms in total. The van der Waals surface area contributed by atoms with Gasteiger partial charge in [-0.15, -0.1) is 11.3 Å². The number of nitrogens with one attached hydrogen (secondary N) is 1. The van der Waals surface area contributed by atoms with Gasteiger partial charge in [0.05, 0.1) is 42.6 Å². The van der Waals surface area contributed by atoms with Crippen molar-refractivity contribution in [3.8, 4) is 11.5 Å². The fraction of sp³-hybridized carbons (Fsp3) is 0.455. The van der Waals surface area contributed by atoms with Gasteiger partial charge in [-0.1, -0.05) is 6.07 Å². The topological polar surface area (TPSA) is 102 Å². The smallest absolute Gasteiger partial charge is 0.265 e. The summed E-state index contributed by atoms with van der Waals surface area (Å²) >= 11 is 1.27. The molecule has 1 aromatic heterocycles. The summed E-state index contributed by atoms with van der Waals surface area (Å²) in [5.74, 6) is 0.582. The molecule has 2 heterocycles. The second-order valence-electron chi connectivity index (χ2n) is 8.11. The van der Waals surface area contributed by atoms with Gasteiger partial charge >= 0.3 is 0 Å². The van der Waals surface area contributed by atoms with Gasteiger partial charge in [0, 0.05) is 23.1 Å². The number of thiophene rings is 1. The van der Waals surface area contributed by atoms with Gasteiger partial charge in [-0.25, -0.2) is 8.42 Å². The Morgan fingerprint density at radius 1 is 1.31 bits per heavy atom. The normalized spacial score (nSPS) is 16.6. The quantitative estimate of drug-likeness (QED) is 0.594. The van der Waals surface area contributed by atoms with Crippen molar-refractivity contribution in [2.75, 3.05) is 31.0 Å². The van der Waals surface area contributed by atoms with Crippen molar-refractivity contribution < 1.29 is 27.5 Å². The number of carbonyl (C=O) groups is 2. The Morgan fingerprint density at radius 2 is 2.06 bits per heavy atom. The summed E-state index contributed by atoms with van der Waals surface area (Å²) in [6.45, 7) is 2.49. The maximum absolute atomic E-state index is 13.2. The van der Waals surface area contributed by atoms with Gasteiger partial charge in [0.25, 0.3) is 5.91 Å². The van der Waals surface area contributed by atoms with Crippen LogP contribution in [0.1, 0.15) is 46.6 Å². The summed E-state index contributed by atoms with van der Waals surface area (Å²) in [5.41, 5.74) is 2.03. The first-order valence-corrected chi connectivity index (χ1v) is 13.4. The van der Waals surface area contributed by atoms with E-state index in [1.54, 1.807) is 28.5 Å². The fourth-order valence-electron chi connectivity index (χ4n) is 3.85. The van der Waals surface area contributed by atoms with Crippen LogP contribution in [0.2, 0.25) is 0 Å². The van der Waals surface area contributed by atoms with Crippen molar-refractivity contribution >= 4 is 38.7 Å². The molecule has 172 valence electrons. The second kappa shape index (κ2) is 8.74. The van der Waals surface area contributed by atoms with Gasteiger partial charge in [-0.2, -0.15) is 0 Å². The average Bonchev–Trinajstić information content (AvgIpc) is 3.45. The number of fused-ring (bicyclic) bond motifs is 1. The van der Waals surface area contributed by atoms with E-state index in [-0.39, 0.29) is 30.0 Å². The minimum atomic E-state index is -3.41. The summed E-state index contributed by atoms with van der Waals surface area (Å²) in [6, 6.07) is 4.50. The molecule has 2 aromatic rings. The Labute approximate surface area is 191 Å². The maximum Gasteiger partial charge on any atom is 0.265 e. The Balaban J connectivity index is 1.66. The highest BCUT2D eigenvalue weighted by atomic mass is 32.2. The first-order valence-electron chi connectivity index (χ1n) is 10.4. The molecule has 1 aliphatic heterocycles. The lowest BCUT2D eigenvalue weighted by atomic mass is 10.1. The fourth-order valence-corrected chi connectivity index (χ4v) is 5.77. The molecule has 32 heavy (non-hydrogen) atoms. The first kappa shape index (κ1) is 22.6. The van der Waals surface area contributed by atoms with E-state index in [1.807, 2.05) is 6.92 Å². The van der Waals surface area contributed by atoms with Gasteiger partial charge < -0.3 is 19.7 Å². The zero-order valence-corrected chi connectivity index (χ0v) is 19.8. The number of ether oxygens (including phenoxy) is 2. The van der Waals surface area contributed by atoms with Crippen LogP contribution in [0.25, 0.3) is 0 Å². The Hall–Kier alpha value is -2.59. The number of carbonyl (C=O) groups excluding carboxylic acids is 2. The molecular weight excluding hydrogens is 452 g/mol. The van der Waals surface area contributed by atoms with Crippen LogP contribution < -0.4 is 14.8 Å². The van der Waals surface area contributed by atoms with E-state index in [1.165, 1.54) is 18.4 Å². The third kappa shape index (κ3) is 4.61. The zero-order valence-electron chi connectivity index (χ0n) is 18.2. The van der Waals surface area contributed by atoms with Crippen molar-refractivity contribution in [2.24, 2.45) is 5.92 Å². The zero-order chi connectivity index (χ0) is 23.0. The largest absolute Gasteiger partial charge is 0.493 e. The average molecular weight is 479 g/mol. The van der Waals surface area contributed by atoms with Gasteiger partial charge in [-0.05, 0) is 37.5 Å². The minimum absolute atomic E-state index is 0.0271. The highest BCUT2D eigenvalue weighted by Crippen LogP contribution is 2.41. The molecule has 1 aliphatic carbocycles. The van der Waals surface area contributed by atoms with Crippen LogP contribution in [0.4, 0.5) is 5.69 Å². The van der Waals surface area contributed by atoms with Gasteiger partial charge in [0.1, 0.15) is 9.84 Å². The van der Waals surface area contributed by atoms with Crippen LogP contribution in [0.15, 0.2) is 23.6 Å². The number of amides is 2. The van der Waals surface area contributed by atoms with Crippen molar-refractivity contribution in [1.82, 2.24) is 4.90 Å². The Kier molecular flexibility index (Phi) is 6.17. The minimum Gasteiger partial charge on any atom is -0.493 e. The van der Waals surface area contributed by atoms with E-state index in [2.05, 4.69) is 5.32 Å². The number of rotatable bonds is 9. The second-order valence-corrected chi connectivity index (χ2v) is 11.2. The maximum atomic E-state index is 13.2. The standard InChI is InChI=1S/C22H26N2O6S2/c1-4-30-19-9-14(7-8-18(19)29-2)17(12-32(3,27)28)24-10-15-16(11-31-20(15)22(24)26)23-21(25)13-5-6-13/h7-9,11,13,17H,4-6,10,12H2,1-3H3,(H,23,25)/t17-/m1/s1. The molecule has 4 rings (SSSR count). The van der Waals surface area contributed by atoms with Crippen LogP contribution in [-0.2, 0) is 21.2 Å². The Morgan fingerprint density at radius 3 is 2.69 bits per heavy atom. The summed E-state index contributed by atoms with van der Waals surface area (Å²) in [5, 5.41) is 4.72. The van der Waals surface area contributed by atoms with Gasteiger partial charge in [0.2, 0.25) is 5.91 Å². The number of hydrogen-bond donors (Lipinski definition) is 1. The number of methoxy groups -OCH3 is 1. The van der Waals surface area contributed by atoms with Gasteiger partial charge in [-0.3, -0.25) is 9.59 Å². The highest BCUT2D eigenvalue weighted by molar-refractivity contribution is 7.90.